The molecule has 2 aliphatic rings. The first kappa shape index (κ1) is 54.8. The molecule has 0 saturated heterocycles. The van der Waals surface area contributed by atoms with Gasteiger partial charge in [-0.25, -0.2) is 0 Å². The number of hydrogen-bond donors (Lipinski definition) is 2. The largest absolute Gasteiger partial charge is 0.456 e. The fourth-order valence-electron chi connectivity index (χ4n) is 10.9. The molecule has 8 heteroatoms. The van der Waals surface area contributed by atoms with Gasteiger partial charge in [-0.15, -0.1) is 0 Å². The molecule has 10 rings (SSSR count). The quantitative estimate of drug-likeness (QED) is 0.148. The minimum atomic E-state index is -1.16. The van der Waals surface area contributed by atoms with Gasteiger partial charge in [-0.2, -0.15) is 0 Å². The van der Waals surface area contributed by atoms with Crippen LogP contribution in [0.2, 0.25) is 11.3 Å². The van der Waals surface area contributed by atoms with E-state index >= 15 is 0 Å². The molecule has 0 radical (unpaired) electrons. The maximum Gasteiger partial charge on any atom is 0.451 e. The van der Waals surface area contributed by atoms with Crippen LogP contribution in [0.5, 0.6) is 23.0 Å². The van der Waals surface area contributed by atoms with E-state index in [9.17, 15) is 0 Å². The third-order valence-electron chi connectivity index (χ3n) is 13.4. The first-order chi connectivity index (χ1) is 34.5. The molecule has 0 amide bonds. The van der Waals surface area contributed by atoms with E-state index < -0.39 is 7.12 Å². The Labute approximate surface area is 447 Å². The minimum Gasteiger partial charge on any atom is -0.456 e. The molecule has 0 spiro atoms. The number of benzene rings is 6. The van der Waals surface area contributed by atoms with Gasteiger partial charge in [0, 0.05) is 45.7 Å². The van der Waals surface area contributed by atoms with E-state index in [1.165, 1.54) is 54.7 Å². The summed E-state index contributed by atoms with van der Waals surface area (Å²) in [6.07, 6.45) is 9.31. The summed E-state index contributed by atoms with van der Waals surface area (Å²) in [6, 6.07) is 31.1. The highest BCUT2D eigenvalue weighted by Gasteiger charge is 2.31. The van der Waals surface area contributed by atoms with Gasteiger partial charge in [0.25, 0.3) is 0 Å². The maximum absolute atomic E-state index is 8.44. The average Bonchev–Trinajstić information content (AvgIpc) is 3.24. The Morgan fingerprint density at radius 1 is 0.486 bits per heavy atom. The highest BCUT2D eigenvalue weighted by atomic mass is 35.5. The lowest BCUT2D eigenvalue weighted by Crippen LogP contribution is -2.19. The van der Waals surface area contributed by atoms with Gasteiger partial charge >= 0.3 is 7.12 Å². The molecule has 388 valence electrons. The summed E-state index contributed by atoms with van der Waals surface area (Å²) in [5, 5.41) is 27.1. The fourth-order valence-corrected chi connectivity index (χ4v) is 11.1. The van der Waals surface area contributed by atoms with Crippen LogP contribution >= 0.6 is 11.6 Å². The Morgan fingerprint density at radius 3 is 1.30 bits per heavy atom. The number of ether oxygens (including phenoxy) is 2. The molecule has 2 aliphatic heterocycles. The van der Waals surface area contributed by atoms with E-state index in [0.717, 1.165) is 93.8 Å². The Kier molecular flexibility index (Phi) is 15.5. The predicted octanol–water partition coefficient (Wildman–Crippen LogP) is 18.6. The molecule has 0 saturated carbocycles. The first-order valence-electron chi connectivity index (χ1n) is 26.9. The van der Waals surface area contributed by atoms with E-state index in [1.54, 1.807) is 0 Å². The Hall–Kier alpha value is -5.47. The van der Waals surface area contributed by atoms with E-state index in [4.69, 9.17) is 41.1 Å². The molecule has 74 heavy (non-hydrogen) atoms. The molecule has 0 atom stereocenters. The van der Waals surface area contributed by atoms with Gasteiger partial charge in [0.15, 0.2) is 0 Å². The summed E-state index contributed by atoms with van der Waals surface area (Å²) >= 11 is 6.41. The maximum atomic E-state index is 8.44. The second kappa shape index (κ2) is 20.9. The van der Waals surface area contributed by atoms with Crippen LogP contribution in [-0.4, -0.2) is 27.1 Å². The van der Waals surface area contributed by atoms with Crippen molar-refractivity contribution in [3.05, 3.63) is 130 Å². The highest BCUT2D eigenvalue weighted by Crippen LogP contribution is 2.53. The highest BCUT2D eigenvalue weighted by molar-refractivity contribution is 6.41. The standard InChI is InChI=1S/C33H39NO.C28H28ClNO.C5H13BO2/c1-20(2)13-21-9-10-25-24(14-21)17-26-30-29-23(11-12-34-30)15-22(18-32(3,4)5)16-28(29)35-31(26)27(25)19-33(6,7)8;1-16(2)10-17-6-7-21-19(11-17)13-22-26-25-18(8-9-30-26)12-20(29)14-24(25)31-27(22)23(21)15-28(3,4)5;1-5(2,3)4-6(7)8/h9-12,14-17,20H,13,18-19H2,1-8H3;6-9,11-14,16H,10,15H2,1-5H3;7-8H,4H2,1-3H3. The lowest BCUT2D eigenvalue weighted by atomic mass is 9.72. The zero-order valence-corrected chi connectivity index (χ0v) is 48.0. The van der Waals surface area contributed by atoms with Crippen LogP contribution in [0.3, 0.4) is 0 Å². The molecule has 4 heterocycles. The van der Waals surface area contributed by atoms with Crippen LogP contribution < -0.4 is 9.47 Å². The normalized spacial score (nSPS) is 13.0. The Bertz CT molecular complexity index is 3380. The monoisotopic (exact) mass is 1010 g/mol. The zero-order chi connectivity index (χ0) is 53.8. The van der Waals surface area contributed by atoms with Crippen LogP contribution in [0, 0.1) is 33.5 Å². The van der Waals surface area contributed by atoms with Crippen molar-refractivity contribution in [3.63, 3.8) is 0 Å². The van der Waals surface area contributed by atoms with Gasteiger partial charge in [-0.05, 0) is 157 Å². The third kappa shape index (κ3) is 13.0. The van der Waals surface area contributed by atoms with E-state index in [-0.39, 0.29) is 21.7 Å². The van der Waals surface area contributed by atoms with Crippen LogP contribution in [0.4, 0.5) is 0 Å². The van der Waals surface area contributed by atoms with Crippen LogP contribution in [0.1, 0.15) is 139 Å². The molecule has 8 aromatic rings. The van der Waals surface area contributed by atoms with Gasteiger partial charge in [0.2, 0.25) is 0 Å². The van der Waals surface area contributed by atoms with E-state index in [2.05, 4.69) is 157 Å². The van der Waals surface area contributed by atoms with Crippen molar-refractivity contribution in [2.75, 3.05) is 0 Å². The van der Waals surface area contributed by atoms with Crippen LogP contribution in [-0.2, 0) is 32.1 Å². The van der Waals surface area contributed by atoms with Crippen molar-refractivity contribution in [1.29, 1.82) is 0 Å². The molecule has 6 nitrogen and oxygen atoms in total. The molecular weight excluding hydrogens is 931 g/mol. The topological polar surface area (TPSA) is 84.7 Å². The Balaban J connectivity index is 0.000000173. The first-order valence-corrected chi connectivity index (χ1v) is 27.3. The number of aromatic nitrogens is 2. The van der Waals surface area contributed by atoms with Crippen molar-refractivity contribution >= 4 is 61.8 Å². The van der Waals surface area contributed by atoms with Crippen LogP contribution in [0.15, 0.2) is 97.3 Å². The molecule has 0 fully saturated rings. The number of rotatable bonds is 8. The average molecular weight is 1010 g/mol. The molecule has 2 aromatic heterocycles. The number of hydrogen-bond acceptors (Lipinski definition) is 6. The second-order valence-electron chi connectivity index (χ2n) is 26.9. The molecule has 0 aliphatic carbocycles. The van der Waals surface area contributed by atoms with Crippen molar-refractivity contribution in [2.45, 2.75) is 149 Å². The van der Waals surface area contributed by atoms with E-state index in [1.807, 2.05) is 51.4 Å². The van der Waals surface area contributed by atoms with Crippen molar-refractivity contribution in [2.24, 2.45) is 33.5 Å². The number of halogens is 1. The number of fused-ring (bicyclic) bond motifs is 6. The predicted molar refractivity (Wildman–Crippen MR) is 316 cm³/mol. The molecule has 6 aromatic carbocycles. The lowest BCUT2D eigenvalue weighted by Gasteiger charge is -2.28. The summed E-state index contributed by atoms with van der Waals surface area (Å²) in [7, 11) is -1.16. The van der Waals surface area contributed by atoms with Gasteiger partial charge in [-0.1, -0.05) is 165 Å². The summed E-state index contributed by atoms with van der Waals surface area (Å²) in [4.78, 5) is 9.72. The number of pyridine rings is 2. The van der Waals surface area contributed by atoms with Gasteiger partial charge < -0.3 is 19.5 Å². The Morgan fingerprint density at radius 2 is 0.905 bits per heavy atom. The summed E-state index contributed by atoms with van der Waals surface area (Å²) in [5.41, 5.74) is 11.4. The SMILES string of the molecule is CC(C)(C)CB(O)O.CC(C)Cc1ccc2c(CC(C)(C)C)c3c(cc2c1)-c1nccc2cc(CC(C)(C)C)cc(c12)O3.CC(C)Cc1ccc2c(CC(C)(C)C)c3c(cc2c1)-c1nccc2cc(Cl)cc(c12)O3. The molecule has 0 bridgehead atoms. The van der Waals surface area contributed by atoms with Crippen LogP contribution in [0.25, 0.3) is 65.6 Å². The minimum absolute atomic E-state index is 0.0220. The summed E-state index contributed by atoms with van der Waals surface area (Å²) in [5.74, 6) is 4.91. The van der Waals surface area contributed by atoms with Gasteiger partial charge in [0.1, 0.15) is 23.0 Å². The summed E-state index contributed by atoms with van der Waals surface area (Å²) in [6.45, 7) is 35.6. The van der Waals surface area contributed by atoms with Gasteiger partial charge in [0.05, 0.1) is 22.2 Å². The summed E-state index contributed by atoms with van der Waals surface area (Å²) < 4.78 is 13.4. The molecule has 2 N–H and O–H groups in total. The smallest absolute Gasteiger partial charge is 0.451 e. The molecule has 0 unspecified atom stereocenters. The van der Waals surface area contributed by atoms with Gasteiger partial charge in [-0.3, -0.25) is 9.97 Å². The third-order valence-corrected chi connectivity index (χ3v) is 13.6. The van der Waals surface area contributed by atoms with E-state index in [0.29, 0.717) is 23.2 Å². The van der Waals surface area contributed by atoms with Crippen molar-refractivity contribution in [1.82, 2.24) is 9.97 Å². The molecular formula is C66H80BClN2O4. The zero-order valence-electron chi connectivity index (χ0n) is 47.2. The fraction of sp³-hybridized carbons (Fsp3) is 0.424. The van der Waals surface area contributed by atoms with Crippen molar-refractivity contribution < 1.29 is 19.5 Å². The lowest BCUT2D eigenvalue weighted by molar-refractivity contribution is 0.356. The number of nitrogens with zero attached hydrogens (tertiary/aromatic N) is 2. The van der Waals surface area contributed by atoms with Crippen molar-refractivity contribution in [3.8, 4) is 45.5 Å². The second-order valence-corrected chi connectivity index (χ2v) is 27.4.